The summed E-state index contributed by atoms with van der Waals surface area (Å²) in [5.74, 6) is -0.607. The first-order valence-corrected chi connectivity index (χ1v) is 6.13. The highest BCUT2D eigenvalue weighted by atomic mass is 32.2. The molecule has 0 spiro atoms. The van der Waals surface area contributed by atoms with Gasteiger partial charge in [-0.25, -0.2) is 12.8 Å². The fraction of sp³-hybridized carbons (Fsp3) is 0.333. The highest BCUT2D eigenvalue weighted by molar-refractivity contribution is 7.90. The van der Waals surface area contributed by atoms with Crippen LogP contribution in [0.5, 0.6) is 0 Å². The minimum atomic E-state index is -3.49. The molecule has 1 atom stereocenters. The van der Waals surface area contributed by atoms with Crippen LogP contribution in [0.4, 0.5) is 4.39 Å². The second kappa shape index (κ2) is 4.26. The van der Waals surface area contributed by atoms with Crippen LogP contribution in [0.1, 0.15) is 11.7 Å². The third-order valence-corrected chi connectivity index (χ3v) is 3.12. The van der Waals surface area contributed by atoms with Crippen molar-refractivity contribution in [1.82, 2.24) is 0 Å². The summed E-state index contributed by atoms with van der Waals surface area (Å²) in [4.78, 5) is -0.0955. The van der Waals surface area contributed by atoms with E-state index in [1.807, 2.05) is 0 Å². The maximum absolute atomic E-state index is 12.9. The molecular weight excluding hydrogens is 221 g/mol. The first-order valence-electron chi connectivity index (χ1n) is 4.24. The maximum atomic E-state index is 12.9. The van der Waals surface area contributed by atoms with E-state index in [0.717, 1.165) is 24.5 Å². The normalized spacial score (nSPS) is 13.9. The molecule has 0 radical (unpaired) electrons. The van der Waals surface area contributed by atoms with Gasteiger partial charge in [-0.15, -0.1) is 0 Å². The van der Waals surface area contributed by atoms with Crippen LogP contribution in [-0.4, -0.2) is 26.3 Å². The zero-order chi connectivity index (χ0) is 11.6. The average molecular weight is 233 g/mol. The highest BCUT2D eigenvalue weighted by Gasteiger charge is 2.18. The topological polar surface area (TPSA) is 80.4 Å². The van der Waals surface area contributed by atoms with Crippen molar-refractivity contribution < 1.29 is 17.9 Å². The molecule has 15 heavy (non-hydrogen) atoms. The fourth-order valence-corrected chi connectivity index (χ4v) is 2.18. The third-order valence-electron chi connectivity index (χ3n) is 1.95. The van der Waals surface area contributed by atoms with Crippen LogP contribution in [-0.2, 0) is 9.84 Å². The molecule has 0 aliphatic rings. The van der Waals surface area contributed by atoms with Gasteiger partial charge in [0.1, 0.15) is 5.82 Å². The molecule has 0 bridgehead atoms. The summed E-state index contributed by atoms with van der Waals surface area (Å²) in [5, 5.41) is 9.44. The van der Waals surface area contributed by atoms with E-state index in [4.69, 9.17) is 5.73 Å². The van der Waals surface area contributed by atoms with Crippen LogP contribution in [0.3, 0.4) is 0 Å². The lowest BCUT2D eigenvalue weighted by Gasteiger charge is -2.12. The summed E-state index contributed by atoms with van der Waals surface area (Å²) in [6.07, 6.45) is -0.183. The molecule has 3 N–H and O–H groups in total. The van der Waals surface area contributed by atoms with E-state index in [9.17, 15) is 17.9 Å². The van der Waals surface area contributed by atoms with Gasteiger partial charge in [-0.2, -0.15) is 0 Å². The summed E-state index contributed by atoms with van der Waals surface area (Å²) < 4.78 is 35.5. The SMILES string of the molecule is CS(=O)(=O)c1ccc(F)cc1C(O)CN. The molecule has 1 unspecified atom stereocenters. The summed E-state index contributed by atoms with van der Waals surface area (Å²) >= 11 is 0. The number of hydrogen-bond acceptors (Lipinski definition) is 4. The second-order valence-corrected chi connectivity index (χ2v) is 5.19. The van der Waals surface area contributed by atoms with E-state index in [0.29, 0.717) is 0 Å². The van der Waals surface area contributed by atoms with Gasteiger partial charge in [0.2, 0.25) is 0 Å². The molecule has 0 saturated heterocycles. The van der Waals surface area contributed by atoms with Gasteiger partial charge >= 0.3 is 0 Å². The van der Waals surface area contributed by atoms with E-state index >= 15 is 0 Å². The Kier molecular flexibility index (Phi) is 3.43. The molecule has 0 amide bonds. The van der Waals surface area contributed by atoms with Gasteiger partial charge in [0, 0.05) is 18.4 Å². The summed E-state index contributed by atoms with van der Waals surface area (Å²) in [5.41, 5.74) is 5.20. The van der Waals surface area contributed by atoms with Crippen molar-refractivity contribution in [3.63, 3.8) is 0 Å². The largest absolute Gasteiger partial charge is 0.387 e. The number of hydrogen-bond donors (Lipinski definition) is 2. The zero-order valence-electron chi connectivity index (χ0n) is 8.14. The molecule has 4 nitrogen and oxygen atoms in total. The lowest BCUT2D eigenvalue weighted by atomic mass is 10.1. The van der Waals surface area contributed by atoms with Crippen molar-refractivity contribution >= 4 is 9.84 Å². The van der Waals surface area contributed by atoms with Gasteiger partial charge in [-0.3, -0.25) is 0 Å². The van der Waals surface area contributed by atoms with Gasteiger partial charge in [0.15, 0.2) is 9.84 Å². The summed E-state index contributed by atoms with van der Waals surface area (Å²) in [6, 6.07) is 3.13. The van der Waals surface area contributed by atoms with E-state index in [1.165, 1.54) is 0 Å². The molecule has 1 aromatic rings. The lowest BCUT2D eigenvalue weighted by Crippen LogP contribution is -2.15. The molecule has 0 saturated carbocycles. The van der Waals surface area contributed by atoms with E-state index in [1.54, 1.807) is 0 Å². The third kappa shape index (κ3) is 2.74. The number of benzene rings is 1. The maximum Gasteiger partial charge on any atom is 0.175 e. The van der Waals surface area contributed by atoms with Crippen LogP contribution in [0, 0.1) is 5.82 Å². The molecule has 84 valence electrons. The average Bonchev–Trinajstić information content (AvgIpc) is 2.14. The molecule has 1 aromatic carbocycles. The molecule has 0 heterocycles. The quantitative estimate of drug-likeness (QED) is 0.732. The van der Waals surface area contributed by atoms with Crippen molar-refractivity contribution in [2.75, 3.05) is 12.8 Å². The Morgan fingerprint density at radius 1 is 1.53 bits per heavy atom. The first-order chi connectivity index (χ1) is 6.86. The van der Waals surface area contributed by atoms with Crippen molar-refractivity contribution in [3.05, 3.63) is 29.6 Å². The highest BCUT2D eigenvalue weighted by Crippen LogP contribution is 2.22. The molecule has 0 aliphatic carbocycles. The smallest absolute Gasteiger partial charge is 0.175 e. The first kappa shape index (κ1) is 12.1. The Morgan fingerprint density at radius 3 is 2.60 bits per heavy atom. The zero-order valence-corrected chi connectivity index (χ0v) is 8.96. The lowest BCUT2D eigenvalue weighted by molar-refractivity contribution is 0.183. The monoisotopic (exact) mass is 233 g/mol. The Bertz CT molecular complexity index is 458. The van der Waals surface area contributed by atoms with Crippen LogP contribution >= 0.6 is 0 Å². The van der Waals surface area contributed by atoms with Crippen LogP contribution < -0.4 is 5.73 Å². The van der Waals surface area contributed by atoms with Gasteiger partial charge in [-0.1, -0.05) is 0 Å². The predicted octanol–water partition coefficient (Wildman–Crippen LogP) is 0.221. The molecule has 0 aromatic heterocycles. The van der Waals surface area contributed by atoms with Crippen molar-refractivity contribution in [2.24, 2.45) is 5.73 Å². The minimum absolute atomic E-state index is 0.000000000000000444. The Hall–Kier alpha value is -0.980. The molecule has 0 fully saturated rings. The van der Waals surface area contributed by atoms with E-state index < -0.39 is 21.8 Å². The van der Waals surface area contributed by atoms with E-state index in [2.05, 4.69) is 0 Å². The molecule has 6 heteroatoms. The number of sulfone groups is 1. The number of aliphatic hydroxyl groups excluding tert-OH is 1. The van der Waals surface area contributed by atoms with Crippen molar-refractivity contribution in [2.45, 2.75) is 11.0 Å². The van der Waals surface area contributed by atoms with Crippen molar-refractivity contribution in [3.8, 4) is 0 Å². The molecule has 0 aliphatic heterocycles. The second-order valence-electron chi connectivity index (χ2n) is 3.21. The number of nitrogens with two attached hydrogens (primary N) is 1. The fourth-order valence-electron chi connectivity index (χ4n) is 1.24. The van der Waals surface area contributed by atoms with Crippen LogP contribution in [0.15, 0.2) is 23.1 Å². The van der Waals surface area contributed by atoms with Gasteiger partial charge in [-0.05, 0) is 18.2 Å². The van der Waals surface area contributed by atoms with Crippen LogP contribution in [0.2, 0.25) is 0 Å². The van der Waals surface area contributed by atoms with Crippen LogP contribution in [0.25, 0.3) is 0 Å². The van der Waals surface area contributed by atoms with Gasteiger partial charge < -0.3 is 10.8 Å². The summed E-state index contributed by atoms with van der Waals surface area (Å²) in [6.45, 7) is -0.161. The Balaban J connectivity index is 3.40. The number of rotatable bonds is 3. The predicted molar refractivity (Wildman–Crippen MR) is 53.5 cm³/mol. The summed E-state index contributed by atoms with van der Waals surface area (Å²) in [7, 11) is -3.49. The minimum Gasteiger partial charge on any atom is -0.387 e. The van der Waals surface area contributed by atoms with E-state index in [-0.39, 0.29) is 17.0 Å². The Morgan fingerprint density at radius 2 is 2.13 bits per heavy atom. The van der Waals surface area contributed by atoms with Gasteiger partial charge in [0.25, 0.3) is 0 Å². The Labute approximate surface area is 87.5 Å². The number of halogens is 1. The number of aliphatic hydroxyl groups is 1. The molecular formula is C9H12FNO3S. The van der Waals surface area contributed by atoms with Crippen molar-refractivity contribution in [1.29, 1.82) is 0 Å². The standard InChI is InChI=1S/C9H12FNO3S/c1-15(13,14)9-3-2-6(10)4-7(9)8(12)5-11/h2-4,8,12H,5,11H2,1H3. The van der Waals surface area contributed by atoms with Gasteiger partial charge in [0.05, 0.1) is 11.0 Å². The molecule has 1 rings (SSSR count).